The van der Waals surface area contributed by atoms with Crippen molar-refractivity contribution in [3.8, 4) is 0 Å². The number of hydrazine groups is 1. The van der Waals surface area contributed by atoms with E-state index in [1.54, 1.807) is 0 Å². The highest BCUT2D eigenvalue weighted by molar-refractivity contribution is 5.06. The summed E-state index contributed by atoms with van der Waals surface area (Å²) in [6.45, 7) is 3.22. The summed E-state index contributed by atoms with van der Waals surface area (Å²) >= 11 is 0. The molecular formula is C15H29N5. The Bertz CT molecular complexity index is 406. The van der Waals surface area contributed by atoms with Crippen LogP contribution in [0.3, 0.4) is 0 Å². The summed E-state index contributed by atoms with van der Waals surface area (Å²) in [6.07, 6.45) is 11.0. The molecule has 3 N–H and O–H groups in total. The standard InChI is InChI=1S/C15H29N5/c1-4-10-20-11-9-17-14(20)12-13(18-16)15(19(2)3)7-5-6-8-15/h9,11,13,18H,4-8,10,12,16H2,1-3H3. The van der Waals surface area contributed by atoms with Crippen LogP contribution in [0.2, 0.25) is 0 Å². The molecule has 0 amide bonds. The normalized spacial score (nSPS) is 19.6. The molecule has 2 rings (SSSR count). The zero-order valence-electron chi connectivity index (χ0n) is 13.1. The second kappa shape index (κ2) is 6.70. The lowest BCUT2D eigenvalue weighted by Crippen LogP contribution is -2.60. The fraction of sp³-hybridized carbons (Fsp3) is 0.800. The van der Waals surface area contributed by atoms with Gasteiger partial charge in [0.25, 0.3) is 0 Å². The maximum atomic E-state index is 5.90. The molecule has 1 fully saturated rings. The first-order valence-corrected chi connectivity index (χ1v) is 7.77. The predicted octanol–water partition coefficient (Wildman–Crippen LogP) is 1.54. The summed E-state index contributed by atoms with van der Waals surface area (Å²) in [7, 11) is 4.35. The number of rotatable bonds is 7. The second-order valence-electron chi connectivity index (χ2n) is 6.17. The van der Waals surface area contributed by atoms with Crippen molar-refractivity contribution in [2.75, 3.05) is 14.1 Å². The van der Waals surface area contributed by atoms with E-state index in [2.05, 4.69) is 47.1 Å². The van der Waals surface area contributed by atoms with Gasteiger partial charge in [-0.3, -0.25) is 11.3 Å². The third-order valence-corrected chi connectivity index (χ3v) is 4.86. The van der Waals surface area contributed by atoms with E-state index in [-0.39, 0.29) is 11.6 Å². The van der Waals surface area contributed by atoms with Gasteiger partial charge in [0.15, 0.2) is 0 Å². The number of nitrogens with one attached hydrogen (secondary N) is 1. The van der Waals surface area contributed by atoms with Gasteiger partial charge >= 0.3 is 0 Å². The summed E-state index contributed by atoms with van der Waals surface area (Å²) in [5.41, 5.74) is 3.24. The van der Waals surface area contributed by atoms with Crippen molar-refractivity contribution in [2.24, 2.45) is 5.84 Å². The van der Waals surface area contributed by atoms with Crippen LogP contribution in [0.4, 0.5) is 0 Å². The molecule has 0 radical (unpaired) electrons. The molecule has 20 heavy (non-hydrogen) atoms. The number of imidazole rings is 1. The lowest BCUT2D eigenvalue weighted by Gasteiger charge is -2.43. The van der Waals surface area contributed by atoms with Crippen molar-refractivity contribution in [2.45, 2.75) is 63.6 Å². The Labute approximate surface area is 122 Å². The predicted molar refractivity (Wildman–Crippen MR) is 82.2 cm³/mol. The minimum atomic E-state index is 0.164. The van der Waals surface area contributed by atoms with Gasteiger partial charge in [-0.05, 0) is 33.4 Å². The molecule has 1 heterocycles. The Morgan fingerprint density at radius 3 is 2.70 bits per heavy atom. The van der Waals surface area contributed by atoms with Gasteiger partial charge in [0, 0.05) is 36.9 Å². The van der Waals surface area contributed by atoms with E-state index in [1.807, 2.05) is 6.20 Å². The summed E-state index contributed by atoms with van der Waals surface area (Å²) in [5, 5.41) is 0. The highest BCUT2D eigenvalue weighted by Crippen LogP contribution is 2.37. The molecule has 1 atom stereocenters. The molecule has 0 aliphatic heterocycles. The first-order valence-electron chi connectivity index (χ1n) is 7.77. The SMILES string of the molecule is CCCn1ccnc1CC(NN)C1(N(C)C)CCCC1. The van der Waals surface area contributed by atoms with Crippen molar-refractivity contribution >= 4 is 0 Å². The van der Waals surface area contributed by atoms with Crippen molar-refractivity contribution in [3.05, 3.63) is 18.2 Å². The van der Waals surface area contributed by atoms with Crippen molar-refractivity contribution in [3.63, 3.8) is 0 Å². The molecule has 0 spiro atoms. The Balaban J connectivity index is 2.17. The van der Waals surface area contributed by atoms with Gasteiger partial charge in [-0.25, -0.2) is 4.98 Å². The van der Waals surface area contributed by atoms with Crippen molar-refractivity contribution in [1.82, 2.24) is 19.9 Å². The van der Waals surface area contributed by atoms with E-state index >= 15 is 0 Å². The van der Waals surface area contributed by atoms with Crippen LogP contribution in [-0.4, -0.2) is 40.1 Å². The van der Waals surface area contributed by atoms with E-state index in [1.165, 1.54) is 25.7 Å². The van der Waals surface area contributed by atoms with Gasteiger partial charge in [0.2, 0.25) is 0 Å². The average molecular weight is 279 g/mol. The summed E-state index contributed by atoms with van der Waals surface area (Å²) < 4.78 is 2.25. The third kappa shape index (κ3) is 2.90. The lowest BCUT2D eigenvalue weighted by atomic mass is 9.85. The van der Waals surface area contributed by atoms with Crippen LogP contribution in [0.15, 0.2) is 12.4 Å². The average Bonchev–Trinajstić information content (AvgIpc) is 3.06. The number of aryl methyl sites for hydroxylation is 1. The number of hydrogen-bond donors (Lipinski definition) is 2. The smallest absolute Gasteiger partial charge is 0.110 e. The van der Waals surface area contributed by atoms with Gasteiger partial charge in [-0.15, -0.1) is 0 Å². The molecule has 1 aliphatic carbocycles. The molecule has 0 saturated heterocycles. The van der Waals surface area contributed by atoms with Gasteiger partial charge < -0.3 is 9.47 Å². The minimum absolute atomic E-state index is 0.164. The Hall–Kier alpha value is -0.910. The molecule has 0 aromatic carbocycles. The topological polar surface area (TPSA) is 59.1 Å². The Morgan fingerprint density at radius 1 is 1.45 bits per heavy atom. The van der Waals surface area contributed by atoms with Gasteiger partial charge in [0.1, 0.15) is 5.82 Å². The van der Waals surface area contributed by atoms with Crippen molar-refractivity contribution < 1.29 is 0 Å². The zero-order valence-corrected chi connectivity index (χ0v) is 13.1. The second-order valence-corrected chi connectivity index (χ2v) is 6.17. The van der Waals surface area contributed by atoms with Crippen LogP contribution >= 0.6 is 0 Å². The fourth-order valence-corrected chi connectivity index (χ4v) is 3.66. The van der Waals surface area contributed by atoms with E-state index in [0.29, 0.717) is 0 Å². The van der Waals surface area contributed by atoms with Crippen LogP contribution in [0, 0.1) is 0 Å². The zero-order chi connectivity index (χ0) is 14.6. The highest BCUT2D eigenvalue weighted by Gasteiger charge is 2.43. The monoisotopic (exact) mass is 279 g/mol. The number of aromatic nitrogens is 2. The van der Waals surface area contributed by atoms with Crippen LogP contribution < -0.4 is 11.3 Å². The molecule has 5 nitrogen and oxygen atoms in total. The molecule has 5 heteroatoms. The molecule has 1 aromatic heterocycles. The largest absolute Gasteiger partial charge is 0.335 e. The quantitative estimate of drug-likeness (QED) is 0.587. The number of likely N-dealkylation sites (N-methyl/N-ethyl adjacent to an activating group) is 1. The van der Waals surface area contributed by atoms with E-state index < -0.39 is 0 Å². The van der Waals surface area contributed by atoms with Crippen LogP contribution in [0.5, 0.6) is 0 Å². The highest BCUT2D eigenvalue weighted by atomic mass is 15.3. The van der Waals surface area contributed by atoms with Crippen LogP contribution in [0.1, 0.15) is 44.9 Å². The molecule has 1 aliphatic rings. The van der Waals surface area contributed by atoms with Crippen LogP contribution in [0.25, 0.3) is 0 Å². The maximum Gasteiger partial charge on any atom is 0.110 e. The first-order chi connectivity index (χ1) is 9.64. The van der Waals surface area contributed by atoms with E-state index in [9.17, 15) is 0 Å². The van der Waals surface area contributed by atoms with Gasteiger partial charge in [-0.1, -0.05) is 19.8 Å². The van der Waals surface area contributed by atoms with E-state index in [4.69, 9.17) is 5.84 Å². The Morgan fingerprint density at radius 2 is 2.15 bits per heavy atom. The number of hydrogen-bond acceptors (Lipinski definition) is 4. The van der Waals surface area contributed by atoms with Gasteiger partial charge in [-0.2, -0.15) is 0 Å². The minimum Gasteiger partial charge on any atom is -0.335 e. The number of nitrogens with two attached hydrogens (primary N) is 1. The summed E-state index contributed by atoms with van der Waals surface area (Å²) in [4.78, 5) is 6.89. The molecule has 1 saturated carbocycles. The summed E-state index contributed by atoms with van der Waals surface area (Å²) in [5.74, 6) is 7.04. The Kier molecular flexibility index (Phi) is 5.18. The fourth-order valence-electron chi connectivity index (χ4n) is 3.66. The molecule has 0 bridgehead atoms. The molecule has 114 valence electrons. The molecule has 1 aromatic rings. The number of nitrogens with zero attached hydrogens (tertiary/aromatic N) is 3. The molecule has 1 unspecified atom stereocenters. The van der Waals surface area contributed by atoms with Crippen LogP contribution in [-0.2, 0) is 13.0 Å². The maximum absolute atomic E-state index is 5.90. The molecular weight excluding hydrogens is 250 g/mol. The lowest BCUT2D eigenvalue weighted by molar-refractivity contribution is 0.103. The van der Waals surface area contributed by atoms with Crippen molar-refractivity contribution in [1.29, 1.82) is 0 Å². The van der Waals surface area contributed by atoms with E-state index in [0.717, 1.165) is 25.2 Å². The first kappa shape index (κ1) is 15.5. The van der Waals surface area contributed by atoms with Gasteiger partial charge in [0.05, 0.1) is 0 Å². The third-order valence-electron chi connectivity index (χ3n) is 4.86. The summed E-state index contributed by atoms with van der Waals surface area (Å²) in [6, 6.07) is 0.248.